The highest BCUT2D eigenvalue weighted by atomic mass is 16.5. The third kappa shape index (κ3) is 7.23. The average molecular weight is 552 g/mol. The number of benzene rings is 3. The SMILES string of the molecule is CCCCNC(=O)[C@@H](CCC)N1C(=O)[C@H](Cc2ccc(C#N)cc2)O[C@@H](c2ccc(C)cc2)[C@H]1c1ccc(C)cc1. The van der Waals surface area contributed by atoms with Gasteiger partial charge in [-0.2, -0.15) is 5.26 Å². The molecule has 0 aliphatic carbocycles. The largest absolute Gasteiger partial charge is 0.358 e. The number of nitriles is 1. The summed E-state index contributed by atoms with van der Waals surface area (Å²) >= 11 is 0. The molecule has 3 aromatic carbocycles. The molecular formula is C35H41N3O3. The summed E-state index contributed by atoms with van der Waals surface area (Å²) < 4.78 is 6.73. The molecule has 6 nitrogen and oxygen atoms in total. The number of hydrogen-bond acceptors (Lipinski definition) is 4. The maximum atomic E-state index is 14.5. The number of aryl methyl sites for hydroxylation is 2. The Balaban J connectivity index is 1.82. The van der Waals surface area contributed by atoms with Crippen LogP contribution in [0.25, 0.3) is 0 Å². The zero-order chi connectivity index (χ0) is 29.4. The van der Waals surface area contributed by atoms with Gasteiger partial charge in [0.1, 0.15) is 18.2 Å². The van der Waals surface area contributed by atoms with Gasteiger partial charge in [-0.05, 0) is 55.5 Å². The van der Waals surface area contributed by atoms with Crippen LogP contribution in [-0.2, 0) is 20.7 Å². The number of unbranched alkanes of at least 4 members (excludes halogenated alkanes) is 1. The molecule has 0 saturated carbocycles. The Morgan fingerprint density at radius 3 is 2.10 bits per heavy atom. The standard InChI is InChI=1S/C35H41N3O3/c1-5-7-21-37-34(39)30(8-6-2)38-32(28-17-9-24(3)10-18-28)33(29-19-11-25(4)12-20-29)41-31(35(38)40)22-26-13-15-27(23-36)16-14-26/h9-20,30-33H,5-8,21-22H2,1-4H3,(H,37,39)/t30-,31+,32-,33+/m1/s1. The van der Waals surface area contributed by atoms with Gasteiger partial charge in [0.2, 0.25) is 5.91 Å². The van der Waals surface area contributed by atoms with Gasteiger partial charge in [0.25, 0.3) is 5.91 Å². The van der Waals surface area contributed by atoms with Crippen LogP contribution in [0.1, 0.15) is 85.1 Å². The Labute approximate surface area is 244 Å². The molecule has 1 saturated heterocycles. The van der Waals surface area contributed by atoms with Crippen LogP contribution in [0.15, 0.2) is 72.8 Å². The Morgan fingerprint density at radius 2 is 1.54 bits per heavy atom. The number of amides is 2. The highest BCUT2D eigenvalue weighted by molar-refractivity contribution is 5.90. The minimum Gasteiger partial charge on any atom is -0.358 e. The van der Waals surface area contributed by atoms with E-state index >= 15 is 0 Å². The molecule has 6 heteroatoms. The van der Waals surface area contributed by atoms with Crippen LogP contribution in [0.2, 0.25) is 0 Å². The summed E-state index contributed by atoms with van der Waals surface area (Å²) in [7, 11) is 0. The van der Waals surface area contributed by atoms with Gasteiger partial charge in [-0.1, -0.05) is 98.5 Å². The molecule has 4 rings (SSSR count). The molecule has 1 fully saturated rings. The smallest absolute Gasteiger partial charge is 0.253 e. The van der Waals surface area contributed by atoms with Crippen LogP contribution in [0.4, 0.5) is 0 Å². The van der Waals surface area contributed by atoms with E-state index in [9.17, 15) is 14.9 Å². The molecule has 0 spiro atoms. The lowest BCUT2D eigenvalue weighted by Crippen LogP contribution is -2.59. The number of carbonyl (C=O) groups excluding carboxylic acids is 2. The predicted molar refractivity (Wildman–Crippen MR) is 161 cm³/mol. The van der Waals surface area contributed by atoms with Gasteiger partial charge in [0, 0.05) is 13.0 Å². The number of hydrogen-bond donors (Lipinski definition) is 1. The fourth-order valence-electron chi connectivity index (χ4n) is 5.46. The van der Waals surface area contributed by atoms with E-state index in [2.05, 4.69) is 42.6 Å². The first kappa shape index (κ1) is 30.0. The first-order chi connectivity index (χ1) is 19.9. The minimum atomic E-state index is -0.779. The lowest BCUT2D eigenvalue weighted by Gasteiger charge is -2.48. The maximum Gasteiger partial charge on any atom is 0.253 e. The summed E-state index contributed by atoms with van der Waals surface area (Å²) in [5.74, 6) is -0.306. The second-order valence-electron chi connectivity index (χ2n) is 11.0. The van der Waals surface area contributed by atoms with Crippen molar-refractivity contribution in [2.45, 2.75) is 84.1 Å². The van der Waals surface area contributed by atoms with E-state index < -0.39 is 24.3 Å². The molecule has 4 atom stereocenters. The van der Waals surface area contributed by atoms with Crippen molar-refractivity contribution in [3.05, 3.63) is 106 Å². The van der Waals surface area contributed by atoms with Crippen LogP contribution in [0, 0.1) is 25.2 Å². The molecule has 0 aromatic heterocycles. The number of nitrogens with one attached hydrogen (secondary N) is 1. The van der Waals surface area contributed by atoms with Crippen molar-refractivity contribution in [2.24, 2.45) is 0 Å². The number of carbonyl (C=O) groups is 2. The third-order valence-corrected chi connectivity index (χ3v) is 7.79. The highest BCUT2D eigenvalue weighted by Crippen LogP contribution is 2.44. The minimum absolute atomic E-state index is 0.118. The summed E-state index contributed by atoms with van der Waals surface area (Å²) in [4.78, 5) is 30.0. The summed E-state index contributed by atoms with van der Waals surface area (Å²) in [6.45, 7) is 8.80. The second-order valence-corrected chi connectivity index (χ2v) is 11.0. The third-order valence-electron chi connectivity index (χ3n) is 7.79. The van der Waals surface area contributed by atoms with E-state index in [1.165, 1.54) is 0 Å². The van der Waals surface area contributed by atoms with Gasteiger partial charge in [-0.25, -0.2) is 0 Å². The molecule has 0 bridgehead atoms. The molecule has 3 aromatic rings. The number of nitrogens with zero attached hydrogens (tertiary/aromatic N) is 2. The van der Waals surface area contributed by atoms with Crippen molar-refractivity contribution in [1.82, 2.24) is 10.2 Å². The topological polar surface area (TPSA) is 82.4 Å². The molecule has 1 aliphatic rings. The molecule has 0 unspecified atom stereocenters. The maximum absolute atomic E-state index is 14.5. The predicted octanol–water partition coefficient (Wildman–Crippen LogP) is 6.51. The Bertz CT molecular complexity index is 1340. The van der Waals surface area contributed by atoms with Crippen LogP contribution in [0.5, 0.6) is 0 Å². The van der Waals surface area contributed by atoms with Crippen molar-refractivity contribution in [3.8, 4) is 6.07 Å². The van der Waals surface area contributed by atoms with Crippen LogP contribution in [0.3, 0.4) is 0 Å². The first-order valence-corrected chi connectivity index (χ1v) is 14.7. The quantitative estimate of drug-likeness (QED) is 0.275. The zero-order valence-electron chi connectivity index (χ0n) is 24.6. The van der Waals surface area contributed by atoms with Crippen molar-refractivity contribution < 1.29 is 14.3 Å². The molecule has 214 valence electrons. The fourth-order valence-corrected chi connectivity index (χ4v) is 5.46. The Kier molecular flexibility index (Phi) is 10.3. The summed E-state index contributed by atoms with van der Waals surface area (Å²) in [6, 6.07) is 24.7. The van der Waals surface area contributed by atoms with Gasteiger partial charge in [0.05, 0.1) is 17.7 Å². The summed E-state index contributed by atoms with van der Waals surface area (Å²) in [5.41, 5.74) is 5.63. The van der Waals surface area contributed by atoms with Crippen molar-refractivity contribution in [2.75, 3.05) is 6.54 Å². The fraction of sp³-hybridized carbons (Fsp3) is 0.400. The van der Waals surface area contributed by atoms with Gasteiger partial charge in [-0.15, -0.1) is 0 Å². The molecule has 0 radical (unpaired) electrons. The zero-order valence-corrected chi connectivity index (χ0v) is 24.6. The van der Waals surface area contributed by atoms with E-state index in [4.69, 9.17) is 4.74 Å². The number of ether oxygens (including phenoxy) is 1. The number of morpholine rings is 1. The van der Waals surface area contributed by atoms with E-state index in [0.717, 1.165) is 47.1 Å². The molecule has 1 aliphatic heterocycles. The van der Waals surface area contributed by atoms with Crippen molar-refractivity contribution in [3.63, 3.8) is 0 Å². The normalized spacial score (nSPS) is 19.4. The second kappa shape index (κ2) is 14.1. The van der Waals surface area contributed by atoms with Gasteiger partial charge >= 0.3 is 0 Å². The lowest BCUT2D eigenvalue weighted by atomic mass is 9.88. The highest BCUT2D eigenvalue weighted by Gasteiger charge is 2.48. The molecule has 41 heavy (non-hydrogen) atoms. The molecular weight excluding hydrogens is 510 g/mol. The molecule has 2 amide bonds. The van der Waals surface area contributed by atoms with E-state index in [-0.39, 0.29) is 11.8 Å². The Hall–Kier alpha value is -3.95. The molecule has 1 N–H and O–H groups in total. The van der Waals surface area contributed by atoms with Crippen LogP contribution >= 0.6 is 0 Å². The number of rotatable bonds is 11. The van der Waals surface area contributed by atoms with Gasteiger partial charge < -0.3 is 15.0 Å². The van der Waals surface area contributed by atoms with E-state index in [1.807, 2.05) is 62.1 Å². The monoisotopic (exact) mass is 551 g/mol. The Morgan fingerprint density at radius 1 is 0.927 bits per heavy atom. The first-order valence-electron chi connectivity index (χ1n) is 14.7. The van der Waals surface area contributed by atoms with Crippen LogP contribution < -0.4 is 5.32 Å². The van der Waals surface area contributed by atoms with Gasteiger partial charge in [-0.3, -0.25) is 9.59 Å². The summed E-state index contributed by atoms with van der Waals surface area (Å²) in [5, 5.41) is 12.3. The van der Waals surface area contributed by atoms with E-state index in [0.29, 0.717) is 24.9 Å². The van der Waals surface area contributed by atoms with E-state index in [1.54, 1.807) is 12.1 Å². The van der Waals surface area contributed by atoms with Gasteiger partial charge in [0.15, 0.2) is 0 Å². The lowest BCUT2D eigenvalue weighted by molar-refractivity contribution is -0.181. The molecule has 1 heterocycles. The van der Waals surface area contributed by atoms with Crippen molar-refractivity contribution >= 4 is 11.8 Å². The summed E-state index contributed by atoms with van der Waals surface area (Å²) in [6.07, 6.45) is 2.27. The average Bonchev–Trinajstić information content (AvgIpc) is 2.98. The van der Waals surface area contributed by atoms with Crippen LogP contribution in [-0.4, -0.2) is 35.4 Å². The van der Waals surface area contributed by atoms with Crippen molar-refractivity contribution in [1.29, 1.82) is 5.26 Å².